The van der Waals surface area contributed by atoms with Crippen LogP contribution in [0.1, 0.15) is 32.0 Å². The van der Waals surface area contributed by atoms with Crippen LogP contribution in [0.5, 0.6) is 0 Å². The van der Waals surface area contributed by atoms with Crippen LogP contribution in [0.4, 0.5) is 10.6 Å². The Kier molecular flexibility index (Phi) is 5.78. The smallest absolute Gasteiger partial charge is 0.320 e. The lowest BCUT2D eigenvalue weighted by Gasteiger charge is -2.13. The molecule has 0 saturated carbocycles. The molecule has 1 aromatic carbocycles. The third-order valence-corrected chi connectivity index (χ3v) is 5.82. The molecule has 0 aliphatic carbocycles. The van der Waals surface area contributed by atoms with E-state index in [-0.39, 0.29) is 11.4 Å². The molecule has 2 amide bonds. The summed E-state index contributed by atoms with van der Waals surface area (Å²) in [4.78, 5) is 21.0. The number of aromatic amines is 1. The van der Waals surface area contributed by atoms with Gasteiger partial charge in [0.25, 0.3) is 0 Å². The number of hydrogen-bond donors (Lipinski definition) is 3. The van der Waals surface area contributed by atoms with Crippen molar-refractivity contribution in [2.45, 2.75) is 32.7 Å². The Labute approximate surface area is 203 Å². The van der Waals surface area contributed by atoms with Gasteiger partial charge in [-0.2, -0.15) is 5.10 Å². The number of urea groups is 1. The maximum absolute atomic E-state index is 12.3. The summed E-state index contributed by atoms with van der Waals surface area (Å²) in [7, 11) is 0. The highest BCUT2D eigenvalue weighted by molar-refractivity contribution is 5.88. The molecule has 0 atom stereocenters. The Morgan fingerprint density at radius 2 is 1.74 bits per heavy atom. The molecule has 8 nitrogen and oxygen atoms in total. The summed E-state index contributed by atoms with van der Waals surface area (Å²) in [6.07, 6.45) is 7.49. The van der Waals surface area contributed by atoms with Gasteiger partial charge in [0.15, 0.2) is 0 Å². The second kappa shape index (κ2) is 9.06. The van der Waals surface area contributed by atoms with Crippen LogP contribution in [0.2, 0.25) is 0 Å². The number of aromatic nitrogens is 5. The van der Waals surface area contributed by atoms with Crippen molar-refractivity contribution in [3.63, 3.8) is 0 Å². The SMILES string of the molecule is CC(C)(C)c1cc(NC(=O)NCc2ccc(-c3cnc4cc(-c5ccncc5)ccn34)cc2)[nH]n1. The molecule has 0 aliphatic heterocycles. The van der Waals surface area contributed by atoms with Crippen LogP contribution in [0.3, 0.4) is 0 Å². The normalized spacial score (nSPS) is 11.5. The van der Waals surface area contributed by atoms with Crippen LogP contribution in [-0.4, -0.2) is 30.6 Å². The van der Waals surface area contributed by atoms with E-state index in [1.54, 1.807) is 12.4 Å². The quantitative estimate of drug-likeness (QED) is 0.323. The zero-order chi connectivity index (χ0) is 24.4. The van der Waals surface area contributed by atoms with Gasteiger partial charge in [-0.05, 0) is 41.0 Å². The number of imidazole rings is 1. The van der Waals surface area contributed by atoms with E-state index in [9.17, 15) is 4.79 Å². The van der Waals surface area contributed by atoms with Gasteiger partial charge in [-0.25, -0.2) is 9.78 Å². The summed E-state index contributed by atoms with van der Waals surface area (Å²) in [6, 6.07) is 17.8. The average Bonchev–Trinajstić information content (AvgIpc) is 3.50. The standard InChI is InChI=1S/C27H27N7O/c1-27(2,3)23-15-24(33-32-23)31-26(35)30-16-18-4-6-20(7-5-18)22-17-29-25-14-21(10-13-34(22)25)19-8-11-28-12-9-19/h4-15,17H,16H2,1-3H3,(H3,30,31,32,33,35). The third kappa shape index (κ3) is 4.91. The number of rotatable bonds is 5. The summed E-state index contributed by atoms with van der Waals surface area (Å²) >= 11 is 0. The Hall–Kier alpha value is -4.46. The van der Waals surface area contributed by atoms with Crippen LogP contribution in [-0.2, 0) is 12.0 Å². The Morgan fingerprint density at radius 1 is 0.971 bits per heavy atom. The highest BCUT2D eigenvalue weighted by Gasteiger charge is 2.18. The first-order valence-corrected chi connectivity index (χ1v) is 11.4. The van der Waals surface area contributed by atoms with Gasteiger partial charge in [0, 0.05) is 42.2 Å². The molecule has 0 spiro atoms. The monoisotopic (exact) mass is 465 g/mol. The maximum atomic E-state index is 12.3. The van der Waals surface area contributed by atoms with Crippen LogP contribution in [0, 0.1) is 0 Å². The predicted octanol–water partition coefficient (Wildman–Crippen LogP) is 5.41. The van der Waals surface area contributed by atoms with Crippen LogP contribution < -0.4 is 10.6 Å². The Balaban J connectivity index is 1.23. The summed E-state index contributed by atoms with van der Waals surface area (Å²) in [6.45, 7) is 6.63. The molecule has 0 unspecified atom stereocenters. The van der Waals surface area contributed by atoms with Gasteiger partial charge in [0.1, 0.15) is 11.5 Å². The first-order chi connectivity index (χ1) is 16.9. The van der Waals surface area contributed by atoms with E-state index in [1.807, 2.05) is 54.9 Å². The molecule has 3 N–H and O–H groups in total. The number of anilines is 1. The first-order valence-electron chi connectivity index (χ1n) is 11.4. The molecule has 0 aliphatic rings. The second-order valence-corrected chi connectivity index (χ2v) is 9.44. The molecule has 0 bridgehead atoms. The van der Waals surface area contributed by atoms with Crippen molar-refractivity contribution < 1.29 is 4.79 Å². The molecule has 0 fully saturated rings. The van der Waals surface area contributed by atoms with E-state index in [2.05, 4.69) is 68.1 Å². The van der Waals surface area contributed by atoms with Crippen LogP contribution in [0.15, 0.2) is 79.4 Å². The van der Waals surface area contributed by atoms with Crippen molar-refractivity contribution >= 4 is 17.5 Å². The fourth-order valence-corrected chi connectivity index (χ4v) is 3.83. The zero-order valence-electron chi connectivity index (χ0n) is 19.9. The molecule has 8 heteroatoms. The molecule has 4 aromatic heterocycles. The number of H-pyrrole nitrogens is 1. The van der Waals surface area contributed by atoms with Crippen molar-refractivity contribution in [3.8, 4) is 22.4 Å². The predicted molar refractivity (Wildman–Crippen MR) is 137 cm³/mol. The van der Waals surface area contributed by atoms with E-state index < -0.39 is 0 Å². The van der Waals surface area contributed by atoms with Crippen LogP contribution in [0.25, 0.3) is 28.0 Å². The minimum absolute atomic E-state index is 0.0859. The van der Waals surface area contributed by atoms with E-state index >= 15 is 0 Å². The highest BCUT2D eigenvalue weighted by atomic mass is 16.2. The minimum Gasteiger partial charge on any atom is -0.334 e. The number of amides is 2. The number of pyridine rings is 2. The number of carbonyl (C=O) groups excluding carboxylic acids is 1. The van der Waals surface area contributed by atoms with E-state index in [4.69, 9.17) is 0 Å². The summed E-state index contributed by atoms with van der Waals surface area (Å²) in [5, 5.41) is 12.8. The number of hydrogen-bond acceptors (Lipinski definition) is 4. The van der Waals surface area contributed by atoms with Crippen molar-refractivity contribution in [2.75, 3.05) is 5.32 Å². The molecule has 5 aromatic rings. The second-order valence-electron chi connectivity index (χ2n) is 9.44. The number of fused-ring (bicyclic) bond motifs is 1. The van der Waals surface area contributed by atoms with Crippen molar-refractivity contribution in [1.82, 2.24) is 29.9 Å². The summed E-state index contributed by atoms with van der Waals surface area (Å²) in [5.41, 5.74) is 6.95. The third-order valence-electron chi connectivity index (χ3n) is 5.82. The molecular weight excluding hydrogens is 438 g/mol. The van der Waals surface area contributed by atoms with Gasteiger partial charge in [-0.1, -0.05) is 45.0 Å². The number of benzene rings is 1. The molecular formula is C27H27N7O. The van der Waals surface area contributed by atoms with Gasteiger partial charge < -0.3 is 5.32 Å². The van der Waals surface area contributed by atoms with Crippen molar-refractivity contribution in [3.05, 3.63) is 90.6 Å². The van der Waals surface area contributed by atoms with Gasteiger partial charge in [-0.3, -0.25) is 19.8 Å². The topological polar surface area (TPSA) is 100 Å². The lowest BCUT2D eigenvalue weighted by molar-refractivity contribution is 0.251. The van der Waals surface area contributed by atoms with Gasteiger partial charge in [0.05, 0.1) is 17.6 Å². The zero-order valence-corrected chi connectivity index (χ0v) is 19.9. The fraction of sp³-hybridized carbons (Fsp3) is 0.185. The molecule has 0 saturated heterocycles. The van der Waals surface area contributed by atoms with E-state index in [1.165, 1.54) is 0 Å². The fourth-order valence-electron chi connectivity index (χ4n) is 3.83. The van der Waals surface area contributed by atoms with Gasteiger partial charge in [-0.15, -0.1) is 0 Å². The van der Waals surface area contributed by atoms with Crippen LogP contribution >= 0.6 is 0 Å². The largest absolute Gasteiger partial charge is 0.334 e. The number of nitrogens with one attached hydrogen (secondary N) is 3. The van der Waals surface area contributed by atoms with Crippen molar-refractivity contribution in [2.24, 2.45) is 0 Å². The van der Waals surface area contributed by atoms with Crippen molar-refractivity contribution in [1.29, 1.82) is 0 Å². The Morgan fingerprint density at radius 3 is 2.46 bits per heavy atom. The summed E-state index contributed by atoms with van der Waals surface area (Å²) in [5.74, 6) is 0.572. The maximum Gasteiger partial charge on any atom is 0.320 e. The molecule has 4 heterocycles. The first kappa shape index (κ1) is 22.3. The molecule has 0 radical (unpaired) electrons. The van der Waals surface area contributed by atoms with E-state index in [0.717, 1.165) is 39.3 Å². The van der Waals surface area contributed by atoms with E-state index in [0.29, 0.717) is 12.4 Å². The number of carbonyl (C=O) groups is 1. The lowest BCUT2D eigenvalue weighted by Crippen LogP contribution is -2.28. The summed E-state index contributed by atoms with van der Waals surface area (Å²) < 4.78 is 2.07. The average molecular weight is 466 g/mol. The lowest BCUT2D eigenvalue weighted by atomic mass is 9.92. The molecule has 5 rings (SSSR count). The van der Waals surface area contributed by atoms with Gasteiger partial charge in [0.2, 0.25) is 0 Å². The molecule has 35 heavy (non-hydrogen) atoms. The number of nitrogens with zero attached hydrogens (tertiary/aromatic N) is 4. The molecule has 176 valence electrons. The minimum atomic E-state index is -0.287. The highest BCUT2D eigenvalue weighted by Crippen LogP contribution is 2.25. The van der Waals surface area contributed by atoms with Gasteiger partial charge >= 0.3 is 6.03 Å². The Bertz CT molecular complexity index is 1460.